The second-order valence-electron chi connectivity index (χ2n) is 7.27. The van der Waals surface area contributed by atoms with Gasteiger partial charge < -0.3 is 44.5 Å². The molecule has 3 aromatic rings. The Morgan fingerprint density at radius 1 is 0.903 bits per heavy atom. The maximum Gasteiger partial charge on any atom is 0.239 e. The fraction of sp³-hybridized carbons (Fsp3) is 0.286. The van der Waals surface area contributed by atoms with Crippen molar-refractivity contribution in [1.82, 2.24) is 0 Å². The van der Waals surface area contributed by atoms with Crippen LogP contribution in [0.5, 0.6) is 23.0 Å². The molecule has 164 valence electrons. The number of aliphatic hydroxyl groups excluding tert-OH is 3. The van der Waals surface area contributed by atoms with E-state index in [-0.39, 0.29) is 28.2 Å². The molecule has 1 saturated heterocycles. The molecule has 0 saturated carbocycles. The van der Waals surface area contributed by atoms with Gasteiger partial charge in [-0.1, -0.05) is 0 Å². The van der Waals surface area contributed by atoms with Crippen LogP contribution in [0.3, 0.4) is 0 Å². The average molecular weight is 432 g/mol. The van der Waals surface area contributed by atoms with Crippen molar-refractivity contribution in [2.45, 2.75) is 37.6 Å². The molecule has 10 nitrogen and oxygen atoms in total. The summed E-state index contributed by atoms with van der Waals surface area (Å²) in [5, 5.41) is 59.4. The molecule has 4 rings (SSSR count). The van der Waals surface area contributed by atoms with E-state index in [0.29, 0.717) is 5.56 Å². The lowest BCUT2D eigenvalue weighted by molar-refractivity contribution is -0.268. The Balaban J connectivity index is 1.90. The summed E-state index contributed by atoms with van der Waals surface area (Å²) in [5.74, 6) is -1.51. The van der Waals surface area contributed by atoms with Gasteiger partial charge in [-0.05, 0) is 31.2 Å². The quantitative estimate of drug-likeness (QED) is 0.348. The zero-order valence-electron chi connectivity index (χ0n) is 16.2. The molecule has 0 unspecified atom stereocenters. The Morgan fingerprint density at radius 3 is 2.26 bits per heavy atom. The van der Waals surface area contributed by atoms with Crippen LogP contribution in [0, 0.1) is 0 Å². The third kappa shape index (κ3) is 3.66. The topological polar surface area (TPSA) is 170 Å². The molecule has 1 fully saturated rings. The Hall–Kier alpha value is -3.31. The molecule has 0 radical (unpaired) electrons. The lowest BCUT2D eigenvalue weighted by Gasteiger charge is -2.38. The molecule has 2 heterocycles. The van der Waals surface area contributed by atoms with Gasteiger partial charge in [0.2, 0.25) is 17.5 Å². The number of aromatic hydroxyl groups is 3. The second kappa shape index (κ2) is 7.75. The van der Waals surface area contributed by atoms with Crippen molar-refractivity contribution in [2.75, 3.05) is 0 Å². The third-order valence-corrected chi connectivity index (χ3v) is 5.09. The van der Waals surface area contributed by atoms with Crippen LogP contribution < -0.4 is 10.2 Å². The van der Waals surface area contributed by atoms with Crippen molar-refractivity contribution >= 4 is 11.0 Å². The summed E-state index contributed by atoms with van der Waals surface area (Å²) >= 11 is 0. The van der Waals surface area contributed by atoms with E-state index in [0.717, 1.165) is 12.1 Å². The smallest absolute Gasteiger partial charge is 0.239 e. The van der Waals surface area contributed by atoms with Gasteiger partial charge >= 0.3 is 0 Å². The van der Waals surface area contributed by atoms with E-state index in [1.165, 1.54) is 31.2 Å². The van der Waals surface area contributed by atoms with Crippen LogP contribution in [0.2, 0.25) is 0 Å². The maximum atomic E-state index is 13.2. The van der Waals surface area contributed by atoms with Crippen LogP contribution in [-0.4, -0.2) is 61.3 Å². The number of fused-ring (bicyclic) bond motifs is 1. The second-order valence-corrected chi connectivity index (χ2v) is 7.27. The summed E-state index contributed by atoms with van der Waals surface area (Å²) in [6.45, 7) is 1.45. The fourth-order valence-corrected chi connectivity index (χ4v) is 3.41. The van der Waals surface area contributed by atoms with E-state index in [1.807, 2.05) is 0 Å². The molecular formula is C21H20O10. The van der Waals surface area contributed by atoms with Crippen molar-refractivity contribution in [1.29, 1.82) is 0 Å². The highest BCUT2D eigenvalue weighted by molar-refractivity contribution is 5.88. The van der Waals surface area contributed by atoms with Crippen molar-refractivity contribution in [3.63, 3.8) is 0 Å². The molecule has 2 aromatic carbocycles. The molecule has 5 atom stereocenters. The van der Waals surface area contributed by atoms with Gasteiger partial charge in [0.05, 0.1) is 6.10 Å². The molecular weight excluding hydrogens is 412 g/mol. The van der Waals surface area contributed by atoms with Gasteiger partial charge in [-0.25, -0.2) is 0 Å². The summed E-state index contributed by atoms with van der Waals surface area (Å²) in [7, 11) is 0. The van der Waals surface area contributed by atoms with Gasteiger partial charge in [-0.3, -0.25) is 4.79 Å². The number of hydrogen-bond acceptors (Lipinski definition) is 10. The van der Waals surface area contributed by atoms with Crippen LogP contribution in [0.4, 0.5) is 0 Å². The Labute approximate surface area is 174 Å². The predicted octanol–water partition coefficient (Wildman–Crippen LogP) is 0.783. The summed E-state index contributed by atoms with van der Waals surface area (Å²) in [6, 6.07) is 7.66. The van der Waals surface area contributed by atoms with Crippen LogP contribution in [0.1, 0.15) is 6.92 Å². The first-order chi connectivity index (χ1) is 14.7. The summed E-state index contributed by atoms with van der Waals surface area (Å²) in [6.07, 6.45) is -7.11. The first-order valence-corrected chi connectivity index (χ1v) is 9.36. The monoisotopic (exact) mass is 432 g/mol. The molecule has 1 aliphatic rings. The molecule has 6 N–H and O–H groups in total. The Bertz CT molecular complexity index is 1170. The first-order valence-electron chi connectivity index (χ1n) is 9.36. The van der Waals surface area contributed by atoms with E-state index in [1.54, 1.807) is 0 Å². The van der Waals surface area contributed by atoms with E-state index < -0.39 is 47.6 Å². The molecule has 1 aromatic heterocycles. The lowest BCUT2D eigenvalue weighted by atomic mass is 10.00. The summed E-state index contributed by atoms with van der Waals surface area (Å²) < 4.78 is 16.8. The highest BCUT2D eigenvalue weighted by atomic mass is 16.7. The number of phenols is 3. The van der Waals surface area contributed by atoms with Crippen molar-refractivity contribution in [3.8, 4) is 34.3 Å². The minimum absolute atomic E-state index is 0.0402. The van der Waals surface area contributed by atoms with Gasteiger partial charge in [0, 0.05) is 17.7 Å². The van der Waals surface area contributed by atoms with E-state index in [4.69, 9.17) is 13.9 Å². The lowest BCUT2D eigenvalue weighted by Crippen LogP contribution is -2.58. The van der Waals surface area contributed by atoms with Crippen LogP contribution in [-0.2, 0) is 4.74 Å². The van der Waals surface area contributed by atoms with Gasteiger partial charge in [0.25, 0.3) is 0 Å². The molecule has 1 aliphatic heterocycles. The zero-order valence-corrected chi connectivity index (χ0v) is 16.2. The van der Waals surface area contributed by atoms with Gasteiger partial charge in [0.1, 0.15) is 46.5 Å². The largest absolute Gasteiger partial charge is 0.508 e. The zero-order chi connectivity index (χ0) is 22.4. The minimum atomic E-state index is -1.69. The number of ether oxygens (including phenoxy) is 2. The van der Waals surface area contributed by atoms with Crippen molar-refractivity contribution in [3.05, 3.63) is 46.6 Å². The Kier molecular flexibility index (Phi) is 5.23. The number of rotatable bonds is 3. The number of aliphatic hydroxyl groups is 3. The maximum absolute atomic E-state index is 13.2. The minimum Gasteiger partial charge on any atom is -0.508 e. The average Bonchev–Trinajstić information content (AvgIpc) is 2.72. The van der Waals surface area contributed by atoms with E-state index >= 15 is 0 Å². The summed E-state index contributed by atoms with van der Waals surface area (Å²) in [4.78, 5) is 13.2. The summed E-state index contributed by atoms with van der Waals surface area (Å²) in [5.41, 5.74) is -0.661. The van der Waals surface area contributed by atoms with Gasteiger partial charge in [0.15, 0.2) is 5.76 Å². The predicted molar refractivity (Wildman–Crippen MR) is 106 cm³/mol. The van der Waals surface area contributed by atoms with E-state index in [2.05, 4.69) is 0 Å². The van der Waals surface area contributed by atoms with Crippen LogP contribution >= 0.6 is 0 Å². The highest BCUT2D eigenvalue weighted by Gasteiger charge is 2.44. The number of hydrogen-bond donors (Lipinski definition) is 6. The number of benzene rings is 2. The van der Waals surface area contributed by atoms with Crippen molar-refractivity contribution < 1.29 is 44.5 Å². The number of phenolic OH excluding ortho intramolecular Hbond substituents is 3. The van der Waals surface area contributed by atoms with Crippen LogP contribution in [0.15, 0.2) is 45.6 Å². The molecule has 0 bridgehead atoms. The van der Waals surface area contributed by atoms with Crippen molar-refractivity contribution in [2.24, 2.45) is 0 Å². The SMILES string of the molecule is C[C@H]1O[C@H](Oc2c(-c3ccc(O)cc3)oc3cc(O)cc(O)c3c2=O)[C@@H](O)[C@@H](O)[C@H]1O. The van der Waals surface area contributed by atoms with E-state index in [9.17, 15) is 35.4 Å². The van der Waals surface area contributed by atoms with Gasteiger partial charge in [-0.15, -0.1) is 0 Å². The normalized spacial score (nSPS) is 26.1. The molecule has 0 amide bonds. The molecule has 0 spiro atoms. The molecule has 0 aliphatic carbocycles. The molecule has 10 heteroatoms. The highest BCUT2D eigenvalue weighted by Crippen LogP contribution is 2.37. The standard InChI is InChI=1S/C21H20O10/c1-8-15(25)17(27)18(28)21(29-8)31-20-16(26)14-12(24)6-11(23)7-13(14)30-19(20)9-2-4-10(22)5-3-9/h2-8,15,17-18,21-25,27-28H,1H3/t8-,15+,17+,18+,21-/m1/s1. The fourth-order valence-electron chi connectivity index (χ4n) is 3.41. The third-order valence-electron chi connectivity index (χ3n) is 5.09. The van der Waals surface area contributed by atoms with Crippen LogP contribution in [0.25, 0.3) is 22.3 Å². The first kappa shape index (κ1) is 20.9. The Morgan fingerprint density at radius 2 is 1.58 bits per heavy atom. The molecule has 31 heavy (non-hydrogen) atoms. The van der Waals surface area contributed by atoms with Gasteiger partial charge in [-0.2, -0.15) is 0 Å².